The SMILES string of the molecule is c1ccc(N(c2ccccc2)c2cc3c4c(c2)N(c2cccc5sc6ccccc6c25)c2ccccc2B4c2cc4c(cc2N3c2ccccc2)Oc2cc(N(c3ccccc3)c3cccc5sc6ccccc6c35)cc3c2B4c2ccccc2N3c2ccccc2)cc1. The Kier molecular flexibility index (Phi) is 11.9. The van der Waals surface area contributed by atoms with E-state index in [2.05, 4.69) is 346 Å². The molecule has 0 N–H and O–H groups in total. The van der Waals surface area contributed by atoms with Crippen molar-refractivity contribution in [3.05, 3.63) is 322 Å². The highest BCUT2D eigenvalue weighted by atomic mass is 32.1. The van der Waals surface area contributed by atoms with E-state index in [4.69, 9.17) is 4.74 Å². The smallest absolute Gasteiger partial charge is 0.256 e. The molecule has 94 heavy (non-hydrogen) atoms. The van der Waals surface area contributed by atoms with Gasteiger partial charge in [-0.25, -0.2) is 0 Å². The third kappa shape index (κ3) is 7.97. The molecule has 16 aromatic rings. The average Bonchev–Trinajstić information content (AvgIpc) is 0.759. The molecule has 0 saturated heterocycles. The molecule has 0 bridgehead atoms. The second-order valence-corrected chi connectivity index (χ2v) is 26.8. The highest BCUT2D eigenvalue weighted by Crippen LogP contribution is 2.54. The quantitative estimate of drug-likeness (QED) is 0.134. The van der Waals surface area contributed by atoms with Gasteiger partial charge in [0.2, 0.25) is 0 Å². The summed E-state index contributed by atoms with van der Waals surface area (Å²) in [6.07, 6.45) is 0. The molecule has 14 aromatic carbocycles. The number of para-hydroxylation sites is 7. The van der Waals surface area contributed by atoms with E-state index < -0.39 is 0 Å². The first-order chi connectivity index (χ1) is 46.7. The lowest BCUT2D eigenvalue weighted by atomic mass is 9.30. The summed E-state index contributed by atoms with van der Waals surface area (Å²) >= 11 is 3.71. The highest BCUT2D eigenvalue weighted by molar-refractivity contribution is 7.26. The molecule has 4 aliphatic heterocycles. The van der Waals surface area contributed by atoms with E-state index in [1.165, 1.54) is 62.2 Å². The zero-order valence-corrected chi connectivity index (χ0v) is 52.3. The van der Waals surface area contributed by atoms with Crippen LogP contribution in [-0.2, 0) is 0 Å². The topological polar surface area (TPSA) is 25.4 Å². The van der Waals surface area contributed by atoms with E-state index in [0.717, 1.165) is 108 Å². The van der Waals surface area contributed by atoms with Crippen molar-refractivity contribution in [2.45, 2.75) is 0 Å². The van der Waals surface area contributed by atoms with E-state index >= 15 is 0 Å². The van der Waals surface area contributed by atoms with Gasteiger partial charge in [-0.3, -0.25) is 0 Å². The van der Waals surface area contributed by atoms with Crippen LogP contribution in [-0.4, -0.2) is 13.4 Å². The van der Waals surface area contributed by atoms with Gasteiger partial charge in [-0.05, 0) is 160 Å². The summed E-state index contributed by atoms with van der Waals surface area (Å²) in [6, 6.07) is 119. The first kappa shape index (κ1) is 53.1. The van der Waals surface area contributed by atoms with Crippen LogP contribution in [0.5, 0.6) is 11.5 Å². The molecule has 0 radical (unpaired) electrons. The van der Waals surface area contributed by atoms with Crippen molar-refractivity contribution < 1.29 is 4.74 Å². The zero-order valence-electron chi connectivity index (χ0n) is 50.7. The lowest BCUT2D eigenvalue weighted by Gasteiger charge is -2.46. The third-order valence-electron chi connectivity index (χ3n) is 19.6. The molecule has 438 valence electrons. The molecule has 10 heteroatoms. The average molecular weight is 1230 g/mol. The van der Waals surface area contributed by atoms with Gasteiger partial charge in [0.05, 0.1) is 22.7 Å². The van der Waals surface area contributed by atoms with Crippen molar-refractivity contribution in [2.24, 2.45) is 0 Å². The fourth-order valence-electron chi connectivity index (χ4n) is 15.8. The Labute approximate surface area is 553 Å². The van der Waals surface area contributed by atoms with Crippen LogP contribution >= 0.6 is 22.7 Å². The second kappa shape index (κ2) is 21.0. The first-order valence-electron chi connectivity index (χ1n) is 32.1. The van der Waals surface area contributed by atoms with E-state index in [-0.39, 0.29) is 13.4 Å². The summed E-state index contributed by atoms with van der Waals surface area (Å²) in [7, 11) is 0. The lowest BCUT2D eigenvalue weighted by Crippen LogP contribution is -2.64. The maximum Gasteiger partial charge on any atom is 0.256 e. The maximum atomic E-state index is 7.87. The van der Waals surface area contributed by atoms with Crippen LogP contribution in [0.3, 0.4) is 0 Å². The van der Waals surface area contributed by atoms with Crippen LogP contribution in [0.4, 0.5) is 85.3 Å². The van der Waals surface area contributed by atoms with E-state index in [1.807, 2.05) is 22.7 Å². The Morgan fingerprint density at radius 2 is 0.702 bits per heavy atom. The van der Waals surface area contributed by atoms with Crippen molar-refractivity contribution in [2.75, 3.05) is 24.5 Å². The third-order valence-corrected chi connectivity index (χ3v) is 21.8. The fourth-order valence-corrected chi connectivity index (χ4v) is 18.1. The van der Waals surface area contributed by atoms with Gasteiger partial charge in [-0.15, -0.1) is 22.7 Å². The maximum absolute atomic E-state index is 7.87. The number of rotatable bonds is 9. The lowest BCUT2D eigenvalue weighted by molar-refractivity contribution is 0.488. The van der Waals surface area contributed by atoms with Crippen LogP contribution in [0, 0.1) is 0 Å². The molecule has 0 amide bonds. The predicted molar refractivity (Wildman–Crippen MR) is 401 cm³/mol. The highest BCUT2D eigenvalue weighted by Gasteiger charge is 2.48. The van der Waals surface area contributed by atoms with Crippen molar-refractivity contribution >= 4 is 195 Å². The van der Waals surface area contributed by atoms with Crippen LogP contribution < -0.4 is 62.0 Å². The molecule has 2 aromatic heterocycles. The van der Waals surface area contributed by atoms with Crippen molar-refractivity contribution in [3.8, 4) is 11.5 Å². The van der Waals surface area contributed by atoms with Crippen LogP contribution in [0.1, 0.15) is 0 Å². The number of anilines is 15. The molecule has 0 saturated carbocycles. The summed E-state index contributed by atoms with van der Waals surface area (Å²) in [5.74, 6) is 1.66. The summed E-state index contributed by atoms with van der Waals surface area (Å²) in [5, 5.41) is 4.98. The van der Waals surface area contributed by atoms with Crippen LogP contribution in [0.2, 0.25) is 0 Å². The van der Waals surface area contributed by atoms with Crippen LogP contribution in [0.25, 0.3) is 40.3 Å². The predicted octanol–water partition coefficient (Wildman–Crippen LogP) is 19.8. The molecule has 0 spiro atoms. The number of fused-ring (bicyclic) bond motifs is 14. The number of nitrogens with zero attached hydrogens (tertiary/aromatic N) is 5. The Bertz CT molecular complexity index is 5690. The summed E-state index contributed by atoms with van der Waals surface area (Å²) < 4.78 is 12.9. The molecule has 0 fully saturated rings. The van der Waals surface area contributed by atoms with Gasteiger partial charge < -0.3 is 29.2 Å². The number of hydrogen-bond acceptors (Lipinski definition) is 8. The van der Waals surface area contributed by atoms with Gasteiger partial charge in [-0.2, -0.15) is 0 Å². The second-order valence-electron chi connectivity index (χ2n) is 24.7. The van der Waals surface area contributed by atoms with E-state index in [9.17, 15) is 0 Å². The standard InChI is InChI=1S/C84H53B2N5OS2/c1-6-26-54(27-7-1)87(55-28-8-2-9-29-55)59-48-72-83-73(49-59)91(70-43-25-47-80-82(70)62-37-17-23-45-78(62)94-80)68-41-21-19-39-64(68)85(83)65-52-66-75(53-71(65)90(72)58-34-14-5-15-35-58)92-76-51-60(50-74-84(76)86(66)63-38-18-20-40-67(63)89(74)57-32-12-4-13-33-57)88(56-30-10-3-11-31-56)69-42-24-46-79-81(69)61-36-16-22-44-77(61)93-79/h1-53H. The Morgan fingerprint density at radius 3 is 1.32 bits per heavy atom. The van der Waals surface area contributed by atoms with Gasteiger partial charge in [-0.1, -0.05) is 182 Å². The molecule has 0 atom stereocenters. The van der Waals surface area contributed by atoms with Crippen molar-refractivity contribution in [1.29, 1.82) is 0 Å². The minimum absolute atomic E-state index is 0.190. The van der Waals surface area contributed by atoms with E-state index in [0.29, 0.717) is 0 Å². The molecule has 0 unspecified atom stereocenters. The number of hydrogen-bond donors (Lipinski definition) is 0. The molecular formula is C84H53B2N5OS2. The Morgan fingerprint density at radius 1 is 0.266 bits per heavy atom. The van der Waals surface area contributed by atoms with Crippen molar-refractivity contribution in [3.63, 3.8) is 0 Å². The summed E-state index contributed by atoms with van der Waals surface area (Å²) in [4.78, 5) is 12.5. The minimum atomic E-state index is -0.197. The normalized spacial score (nSPS) is 13.1. The van der Waals surface area contributed by atoms with Crippen LogP contribution in [0.15, 0.2) is 322 Å². The Hall–Kier alpha value is -11.6. The largest absolute Gasteiger partial charge is 0.458 e. The molecule has 4 aliphatic rings. The molecule has 20 rings (SSSR count). The number of thiophene rings is 2. The number of benzene rings is 14. The van der Waals surface area contributed by atoms with Gasteiger partial charge in [0.25, 0.3) is 13.4 Å². The monoisotopic (exact) mass is 1230 g/mol. The van der Waals surface area contributed by atoms with Gasteiger partial charge in [0.15, 0.2) is 0 Å². The zero-order chi connectivity index (χ0) is 61.5. The number of ether oxygens (including phenoxy) is 1. The fraction of sp³-hybridized carbons (Fsp3) is 0. The van der Waals surface area contributed by atoms with Gasteiger partial charge in [0.1, 0.15) is 11.5 Å². The Balaban J connectivity index is 0.870. The van der Waals surface area contributed by atoms with Gasteiger partial charge >= 0.3 is 0 Å². The van der Waals surface area contributed by atoms with Crippen molar-refractivity contribution in [1.82, 2.24) is 0 Å². The molecule has 6 nitrogen and oxygen atoms in total. The molecule has 6 heterocycles. The first-order valence-corrected chi connectivity index (χ1v) is 33.8. The summed E-state index contributed by atoms with van der Waals surface area (Å²) in [5.41, 5.74) is 23.5. The van der Waals surface area contributed by atoms with Gasteiger partial charge in [0, 0.05) is 115 Å². The minimum Gasteiger partial charge on any atom is -0.458 e. The molecular weight excluding hydrogens is 1180 g/mol. The summed E-state index contributed by atoms with van der Waals surface area (Å²) in [6.45, 7) is -0.387. The van der Waals surface area contributed by atoms with E-state index in [1.54, 1.807) is 0 Å². The molecule has 0 aliphatic carbocycles.